The smallest absolute Gasteiger partial charge is 0.228 e. The van der Waals surface area contributed by atoms with Crippen LogP contribution in [0.1, 0.15) is 26.3 Å². The number of ether oxygens (including phenoxy) is 1. The molecule has 1 unspecified atom stereocenters. The number of halogens is 4. The minimum Gasteiger partial charge on any atom is -0.496 e. The highest BCUT2D eigenvalue weighted by molar-refractivity contribution is 7.72. The third-order valence-electron chi connectivity index (χ3n) is 4.29. The predicted octanol–water partition coefficient (Wildman–Crippen LogP) is 6.57. The van der Waals surface area contributed by atoms with Crippen molar-refractivity contribution in [3.05, 3.63) is 91.4 Å². The maximum Gasteiger partial charge on any atom is 0.228 e. The first-order valence-corrected chi connectivity index (χ1v) is 11.4. The van der Waals surface area contributed by atoms with E-state index < -0.39 is 19.1 Å². The van der Waals surface area contributed by atoms with Gasteiger partial charge >= 0.3 is 0 Å². The molecule has 0 fully saturated rings. The van der Waals surface area contributed by atoms with E-state index in [1.807, 2.05) is 0 Å². The number of rotatable bonds is 6. The molecule has 4 nitrogen and oxygen atoms in total. The zero-order valence-electron chi connectivity index (χ0n) is 15.3. The third kappa shape index (κ3) is 4.30. The molecule has 30 heavy (non-hydrogen) atoms. The van der Waals surface area contributed by atoms with Gasteiger partial charge < -0.3 is 9.30 Å². The number of carbonyl (C=O) groups is 2. The fourth-order valence-electron chi connectivity index (χ4n) is 2.84. The Kier molecular flexibility index (Phi) is 7.28. The first-order chi connectivity index (χ1) is 14.3. The maximum atomic E-state index is 13.1. The zero-order chi connectivity index (χ0) is 22.0. The van der Waals surface area contributed by atoms with E-state index in [4.69, 9.17) is 51.1 Å². The molecule has 0 aliphatic carbocycles. The molecule has 0 amide bonds. The van der Waals surface area contributed by atoms with Crippen LogP contribution in [0, 0.1) is 0 Å². The van der Waals surface area contributed by atoms with Gasteiger partial charge in [-0.15, -0.1) is 0 Å². The van der Waals surface area contributed by atoms with Gasteiger partial charge in [0, 0.05) is 11.1 Å². The van der Waals surface area contributed by atoms with Gasteiger partial charge in [-0.2, -0.15) is 0 Å². The highest BCUT2D eigenvalue weighted by atomic mass is 35.5. The van der Waals surface area contributed by atoms with E-state index in [-0.39, 0.29) is 42.3 Å². The second kappa shape index (κ2) is 9.55. The van der Waals surface area contributed by atoms with Crippen LogP contribution in [0.4, 0.5) is 0 Å². The molecule has 0 aromatic heterocycles. The fourth-order valence-corrected chi connectivity index (χ4v) is 5.78. The van der Waals surface area contributed by atoms with E-state index in [0.717, 1.165) is 0 Å². The Labute approximate surface area is 193 Å². The van der Waals surface area contributed by atoms with E-state index in [1.54, 1.807) is 36.4 Å². The highest BCUT2D eigenvalue weighted by Crippen LogP contribution is 2.41. The first kappa shape index (κ1) is 22.9. The molecule has 0 radical (unpaired) electrons. The summed E-state index contributed by atoms with van der Waals surface area (Å²) in [7, 11) is -1.89. The lowest BCUT2D eigenvalue weighted by molar-refractivity contribution is 0.103. The quantitative estimate of drug-likeness (QED) is 0.218. The van der Waals surface area contributed by atoms with E-state index in [1.165, 1.54) is 25.3 Å². The summed E-state index contributed by atoms with van der Waals surface area (Å²) >= 11 is 25.0. The van der Waals surface area contributed by atoms with Gasteiger partial charge in [0.15, 0.2) is 13.6 Å². The van der Waals surface area contributed by atoms with Crippen LogP contribution in [0.2, 0.25) is 20.1 Å². The Morgan fingerprint density at radius 2 is 1.53 bits per heavy atom. The van der Waals surface area contributed by atoms with Gasteiger partial charge in [-0.1, -0.05) is 82.8 Å². The molecule has 0 aliphatic rings. The highest BCUT2D eigenvalue weighted by Gasteiger charge is 2.29. The SMILES string of the molecule is COc1cccc(Cl)c1C(=O)[PH](=O)c1c(Cl)cc(C(=O)c2ccccc2)c(Cl)c1Cl. The largest absolute Gasteiger partial charge is 0.496 e. The van der Waals surface area contributed by atoms with Crippen LogP contribution in [0.15, 0.2) is 54.6 Å². The van der Waals surface area contributed by atoms with Gasteiger partial charge in [-0.05, 0) is 18.2 Å². The zero-order valence-corrected chi connectivity index (χ0v) is 19.4. The average Bonchev–Trinajstić information content (AvgIpc) is 2.75. The summed E-state index contributed by atoms with van der Waals surface area (Å²) in [5, 5.41) is -0.516. The molecule has 9 heteroatoms. The molecule has 0 aliphatic heterocycles. The van der Waals surface area contributed by atoms with Crippen molar-refractivity contribution in [2.24, 2.45) is 0 Å². The van der Waals surface area contributed by atoms with E-state index in [2.05, 4.69) is 0 Å². The second-order valence-electron chi connectivity index (χ2n) is 6.08. The molecule has 3 aromatic carbocycles. The van der Waals surface area contributed by atoms with E-state index >= 15 is 0 Å². The molecule has 0 saturated heterocycles. The third-order valence-corrected chi connectivity index (χ3v) is 7.73. The standard InChI is InChI=1S/C21H13Cl4O4P/c1-29-15-9-5-8-13(22)16(15)21(27)30(28)20-14(23)10-12(17(24)18(20)25)19(26)11-6-3-2-4-7-11/h2-10,30H,1H3. The van der Waals surface area contributed by atoms with Crippen molar-refractivity contribution in [1.29, 1.82) is 0 Å². The predicted molar refractivity (Wildman–Crippen MR) is 122 cm³/mol. The first-order valence-electron chi connectivity index (χ1n) is 8.46. The lowest BCUT2D eigenvalue weighted by Crippen LogP contribution is -2.12. The van der Waals surface area contributed by atoms with Crippen molar-refractivity contribution in [2.75, 3.05) is 7.11 Å². The van der Waals surface area contributed by atoms with Gasteiger partial charge in [0.1, 0.15) is 5.75 Å². The Morgan fingerprint density at radius 3 is 2.17 bits per heavy atom. The second-order valence-corrected chi connectivity index (χ2v) is 9.26. The molecule has 3 rings (SSSR count). The lowest BCUT2D eigenvalue weighted by Gasteiger charge is -2.14. The molecular weight excluding hydrogens is 489 g/mol. The molecule has 0 bridgehead atoms. The van der Waals surface area contributed by atoms with Gasteiger partial charge in [-0.3, -0.25) is 9.59 Å². The number of benzene rings is 3. The van der Waals surface area contributed by atoms with Crippen molar-refractivity contribution in [1.82, 2.24) is 0 Å². The molecule has 3 aromatic rings. The lowest BCUT2D eigenvalue weighted by atomic mass is 10.0. The Balaban J connectivity index is 2.08. The number of ketones is 1. The van der Waals surface area contributed by atoms with E-state index in [0.29, 0.717) is 5.56 Å². The van der Waals surface area contributed by atoms with Gasteiger partial charge in [0.05, 0.1) is 38.1 Å². The number of hydrogen-bond acceptors (Lipinski definition) is 4. The maximum absolute atomic E-state index is 13.1. The molecule has 154 valence electrons. The van der Waals surface area contributed by atoms with Crippen molar-refractivity contribution in [2.45, 2.75) is 0 Å². The van der Waals surface area contributed by atoms with Crippen molar-refractivity contribution < 1.29 is 18.9 Å². The monoisotopic (exact) mass is 500 g/mol. The fraction of sp³-hybridized carbons (Fsp3) is 0.0476. The van der Waals surface area contributed by atoms with Crippen LogP contribution >= 0.6 is 54.2 Å². The van der Waals surface area contributed by atoms with Crippen LogP contribution in [0.3, 0.4) is 0 Å². The summed E-state index contributed by atoms with van der Waals surface area (Å²) in [4.78, 5) is 25.7. The summed E-state index contributed by atoms with van der Waals surface area (Å²) in [6, 6.07) is 14.3. The molecule has 0 heterocycles. The minimum atomic E-state index is -3.25. The number of methoxy groups -OCH3 is 1. The Bertz CT molecular complexity index is 1180. The Hall–Kier alpha value is -1.81. The van der Waals surface area contributed by atoms with Crippen molar-refractivity contribution in [3.63, 3.8) is 0 Å². The van der Waals surface area contributed by atoms with Crippen LogP contribution in [-0.2, 0) is 4.57 Å². The van der Waals surface area contributed by atoms with Gasteiger partial charge in [-0.25, -0.2) is 0 Å². The summed E-state index contributed by atoms with van der Waals surface area (Å²) in [6.07, 6.45) is 0. The minimum absolute atomic E-state index is 0.0409. The summed E-state index contributed by atoms with van der Waals surface area (Å²) < 4.78 is 18.3. The van der Waals surface area contributed by atoms with Crippen molar-refractivity contribution >= 4 is 70.8 Å². The molecule has 0 saturated carbocycles. The van der Waals surface area contributed by atoms with Crippen LogP contribution in [-0.4, -0.2) is 18.4 Å². The summed E-state index contributed by atoms with van der Waals surface area (Å²) in [5.74, 6) is -0.241. The van der Waals surface area contributed by atoms with Crippen LogP contribution in [0.25, 0.3) is 0 Å². The average molecular weight is 502 g/mol. The topological polar surface area (TPSA) is 60.4 Å². The summed E-state index contributed by atoms with van der Waals surface area (Å²) in [5.41, 5.74) is -0.411. The van der Waals surface area contributed by atoms with E-state index in [9.17, 15) is 14.2 Å². The summed E-state index contributed by atoms with van der Waals surface area (Å²) in [6.45, 7) is 0. The Morgan fingerprint density at radius 1 is 0.867 bits per heavy atom. The molecule has 0 spiro atoms. The van der Waals surface area contributed by atoms with Crippen LogP contribution in [0.5, 0.6) is 5.75 Å². The molecule has 1 atom stereocenters. The van der Waals surface area contributed by atoms with Crippen molar-refractivity contribution in [3.8, 4) is 5.75 Å². The normalized spacial score (nSPS) is 11.8. The van der Waals surface area contributed by atoms with Crippen LogP contribution < -0.4 is 10.0 Å². The molecule has 0 N–H and O–H groups in total. The number of carbonyl (C=O) groups excluding carboxylic acids is 2. The van der Waals surface area contributed by atoms with Gasteiger partial charge in [0.25, 0.3) is 0 Å². The molecular formula is C21H13Cl4O4P. The van der Waals surface area contributed by atoms with Gasteiger partial charge in [0.2, 0.25) is 5.52 Å². The number of hydrogen-bond donors (Lipinski definition) is 0.